The monoisotopic (exact) mass is 384 g/mol. The summed E-state index contributed by atoms with van der Waals surface area (Å²) in [6, 6.07) is 8.14. The van der Waals surface area contributed by atoms with E-state index in [1.807, 2.05) is 0 Å². The summed E-state index contributed by atoms with van der Waals surface area (Å²) in [5.41, 5.74) is -2.11. The summed E-state index contributed by atoms with van der Waals surface area (Å²) in [5, 5.41) is 24.7. The molecule has 3 N–H and O–H groups in total. The molecule has 1 aromatic carbocycles. The lowest BCUT2D eigenvalue weighted by Crippen LogP contribution is -2.50. The molecule has 0 spiro atoms. The second-order valence-corrected chi connectivity index (χ2v) is 7.40. The third-order valence-corrected chi connectivity index (χ3v) is 5.26. The third kappa shape index (κ3) is 3.52. The Labute approximate surface area is 155 Å². The summed E-state index contributed by atoms with van der Waals surface area (Å²) in [6.45, 7) is 1.78. The first-order chi connectivity index (χ1) is 11.7. The van der Waals surface area contributed by atoms with Crippen LogP contribution in [0.1, 0.15) is 36.6 Å². The zero-order valence-corrected chi connectivity index (χ0v) is 15.2. The molecule has 134 valence electrons. The maximum atomic E-state index is 15.7. The molecule has 3 atom stereocenters. The van der Waals surface area contributed by atoms with Gasteiger partial charge in [-0.3, -0.25) is 10.3 Å². The highest BCUT2D eigenvalue weighted by Gasteiger charge is 2.49. The lowest BCUT2D eigenvalue weighted by molar-refractivity contribution is -0.0780. The van der Waals surface area contributed by atoms with Gasteiger partial charge in [-0.15, -0.1) is 0 Å². The second kappa shape index (κ2) is 6.82. The van der Waals surface area contributed by atoms with Gasteiger partial charge in [-0.2, -0.15) is 0 Å². The van der Waals surface area contributed by atoms with E-state index in [2.05, 4.69) is 10.3 Å². The van der Waals surface area contributed by atoms with E-state index >= 15 is 4.39 Å². The number of benzene rings is 1. The molecule has 0 saturated heterocycles. The van der Waals surface area contributed by atoms with Crippen molar-refractivity contribution in [2.75, 3.05) is 0 Å². The Hall–Kier alpha value is -1.24. The fourth-order valence-electron chi connectivity index (χ4n) is 3.17. The number of aliphatic hydroxyl groups excluding tert-OH is 1. The Balaban J connectivity index is 1.83. The van der Waals surface area contributed by atoms with Gasteiger partial charge < -0.3 is 10.2 Å². The van der Waals surface area contributed by atoms with Crippen LogP contribution in [0.25, 0.3) is 0 Å². The van der Waals surface area contributed by atoms with Gasteiger partial charge in [-0.25, -0.2) is 4.39 Å². The largest absolute Gasteiger partial charge is 0.384 e. The third-order valence-electron chi connectivity index (χ3n) is 4.68. The molecule has 4 nitrogen and oxygen atoms in total. The van der Waals surface area contributed by atoms with E-state index in [-0.39, 0.29) is 30.6 Å². The van der Waals surface area contributed by atoms with E-state index < -0.39 is 17.5 Å². The van der Waals surface area contributed by atoms with E-state index in [1.165, 1.54) is 6.20 Å². The number of aromatic nitrogens is 1. The first kappa shape index (κ1) is 18.5. The van der Waals surface area contributed by atoms with Crippen LogP contribution in [-0.4, -0.2) is 21.4 Å². The van der Waals surface area contributed by atoms with Crippen LogP contribution >= 0.6 is 23.2 Å². The normalized spacial score (nSPS) is 27.0. The molecule has 25 heavy (non-hydrogen) atoms. The molecule has 1 aromatic heterocycles. The highest BCUT2D eigenvalue weighted by molar-refractivity contribution is 6.35. The second-order valence-electron chi connectivity index (χ2n) is 6.56. The molecule has 7 heteroatoms. The number of hydrogen-bond acceptors (Lipinski definition) is 4. The fourth-order valence-corrected chi connectivity index (χ4v) is 3.64. The van der Waals surface area contributed by atoms with E-state index in [0.29, 0.717) is 15.6 Å². The van der Waals surface area contributed by atoms with E-state index in [1.54, 1.807) is 37.3 Å². The van der Waals surface area contributed by atoms with Crippen molar-refractivity contribution in [2.24, 2.45) is 0 Å². The average molecular weight is 385 g/mol. The van der Waals surface area contributed by atoms with E-state index in [0.717, 1.165) is 0 Å². The Morgan fingerprint density at radius 2 is 2.08 bits per heavy atom. The molecule has 1 unspecified atom stereocenters. The van der Waals surface area contributed by atoms with Gasteiger partial charge in [0.1, 0.15) is 11.8 Å². The van der Waals surface area contributed by atoms with Crippen LogP contribution in [0.3, 0.4) is 0 Å². The molecular weight excluding hydrogens is 366 g/mol. The number of nitrogens with one attached hydrogen (secondary N) is 1. The van der Waals surface area contributed by atoms with Crippen LogP contribution in [0.5, 0.6) is 0 Å². The summed E-state index contributed by atoms with van der Waals surface area (Å²) in [4.78, 5) is 4.13. The minimum Gasteiger partial charge on any atom is -0.384 e. The number of pyridine rings is 1. The zero-order valence-electron chi connectivity index (χ0n) is 13.6. The van der Waals surface area contributed by atoms with Gasteiger partial charge in [0, 0.05) is 28.4 Å². The van der Waals surface area contributed by atoms with Crippen LogP contribution in [0.15, 0.2) is 36.5 Å². The summed E-state index contributed by atoms with van der Waals surface area (Å²) in [6.07, 6.45) is 0.167. The highest BCUT2D eigenvalue weighted by atomic mass is 35.5. The van der Waals surface area contributed by atoms with Gasteiger partial charge in [-0.1, -0.05) is 35.3 Å². The molecule has 0 saturated carbocycles. The van der Waals surface area contributed by atoms with Gasteiger partial charge in [0.2, 0.25) is 0 Å². The Morgan fingerprint density at radius 3 is 2.80 bits per heavy atom. The zero-order chi connectivity index (χ0) is 18.2. The minimum atomic E-state index is -2.05. The van der Waals surface area contributed by atoms with Crippen molar-refractivity contribution in [3.05, 3.63) is 63.4 Å². The lowest BCUT2D eigenvalue weighted by atomic mass is 9.75. The standard InChI is InChI=1S/C18H19Cl2FN2O2/c1-17(25)6-7-18(21,13-3-2-8-22-15(13)17)16(24)23-10-11-4-5-12(19)9-14(11)20/h2-5,8-9,16,23-25H,6-7,10H2,1H3/t16?,17-,18+/m1/s1. The van der Waals surface area contributed by atoms with E-state index in [4.69, 9.17) is 23.2 Å². The van der Waals surface area contributed by atoms with Gasteiger partial charge >= 0.3 is 0 Å². The lowest BCUT2D eigenvalue weighted by Gasteiger charge is -2.41. The molecule has 0 bridgehead atoms. The van der Waals surface area contributed by atoms with Gasteiger partial charge in [-0.05, 0) is 43.5 Å². The van der Waals surface area contributed by atoms with Gasteiger partial charge in [0.15, 0.2) is 5.67 Å². The molecule has 0 radical (unpaired) electrons. The fraction of sp³-hybridized carbons (Fsp3) is 0.389. The van der Waals surface area contributed by atoms with Crippen molar-refractivity contribution in [1.82, 2.24) is 10.3 Å². The molecule has 1 heterocycles. The first-order valence-corrected chi connectivity index (χ1v) is 8.72. The first-order valence-electron chi connectivity index (χ1n) is 7.97. The molecule has 0 fully saturated rings. The number of fused-ring (bicyclic) bond motifs is 1. The highest BCUT2D eigenvalue weighted by Crippen LogP contribution is 2.46. The molecule has 0 aliphatic heterocycles. The average Bonchev–Trinajstić information content (AvgIpc) is 2.58. The van der Waals surface area contributed by atoms with Crippen molar-refractivity contribution in [1.29, 1.82) is 0 Å². The number of nitrogens with zero attached hydrogens (tertiary/aromatic N) is 1. The number of alkyl halides is 1. The summed E-state index contributed by atoms with van der Waals surface area (Å²) in [5.74, 6) is 0. The van der Waals surface area contributed by atoms with Crippen LogP contribution < -0.4 is 5.32 Å². The molecule has 3 rings (SSSR count). The van der Waals surface area contributed by atoms with Gasteiger partial charge in [0.25, 0.3) is 0 Å². The number of hydrogen-bond donors (Lipinski definition) is 3. The van der Waals surface area contributed by atoms with Crippen molar-refractivity contribution in [3.63, 3.8) is 0 Å². The van der Waals surface area contributed by atoms with E-state index in [9.17, 15) is 10.2 Å². The van der Waals surface area contributed by atoms with Crippen molar-refractivity contribution >= 4 is 23.2 Å². The SMILES string of the molecule is C[C@@]1(O)CC[C@@](F)(C(O)NCc2ccc(Cl)cc2Cl)c2cccnc21. The topological polar surface area (TPSA) is 65.4 Å². The quantitative estimate of drug-likeness (QED) is 0.703. The van der Waals surface area contributed by atoms with Crippen LogP contribution in [0.2, 0.25) is 10.0 Å². The molecule has 1 aliphatic carbocycles. The Morgan fingerprint density at radius 1 is 1.32 bits per heavy atom. The van der Waals surface area contributed by atoms with Crippen LogP contribution in [-0.2, 0) is 17.8 Å². The summed E-state index contributed by atoms with van der Waals surface area (Å²) in [7, 11) is 0. The predicted octanol–water partition coefficient (Wildman–Crippen LogP) is 3.66. The van der Waals surface area contributed by atoms with Crippen molar-refractivity contribution in [2.45, 2.75) is 43.8 Å². The summed E-state index contributed by atoms with van der Waals surface area (Å²) >= 11 is 12.0. The molecule has 2 aromatic rings. The van der Waals surface area contributed by atoms with Gasteiger partial charge in [0.05, 0.1) is 5.69 Å². The smallest absolute Gasteiger partial charge is 0.176 e. The molecule has 0 amide bonds. The molecular formula is C18H19Cl2FN2O2. The Bertz CT molecular complexity index is 787. The summed E-state index contributed by atoms with van der Waals surface area (Å²) < 4.78 is 15.7. The maximum Gasteiger partial charge on any atom is 0.176 e. The Kier molecular flexibility index (Phi) is 5.06. The minimum absolute atomic E-state index is 0.0266. The number of halogens is 3. The van der Waals surface area contributed by atoms with Crippen molar-refractivity contribution < 1.29 is 14.6 Å². The number of aliphatic hydroxyl groups is 2. The number of rotatable bonds is 4. The van der Waals surface area contributed by atoms with Crippen molar-refractivity contribution in [3.8, 4) is 0 Å². The van der Waals surface area contributed by atoms with Crippen LogP contribution in [0.4, 0.5) is 4.39 Å². The maximum absolute atomic E-state index is 15.7. The van der Waals surface area contributed by atoms with Crippen LogP contribution in [0, 0.1) is 0 Å². The molecule has 1 aliphatic rings. The predicted molar refractivity (Wildman–Crippen MR) is 95.1 cm³/mol.